The van der Waals surface area contributed by atoms with Crippen LogP contribution in [0.5, 0.6) is 11.5 Å². The number of aliphatic hydroxyl groups excluding tert-OH is 3. The molecule has 2 saturated carbocycles. The number of aryl methyl sites for hydroxylation is 1. The zero-order valence-corrected chi connectivity index (χ0v) is 59.2. The smallest absolute Gasteiger partial charge is 0.748 e. The Morgan fingerprint density at radius 3 is 2.31 bits per heavy atom. The second-order valence-corrected chi connectivity index (χ2v) is 31.6. The van der Waals surface area contributed by atoms with Crippen LogP contribution in [0, 0.1) is 59.2 Å². The van der Waals surface area contributed by atoms with E-state index < -0.39 is 68.7 Å². The van der Waals surface area contributed by atoms with Gasteiger partial charge in [0.1, 0.15) is 17.6 Å². The van der Waals surface area contributed by atoms with Crippen molar-refractivity contribution >= 4 is 26.9 Å². The van der Waals surface area contributed by atoms with Crippen molar-refractivity contribution in [3.8, 4) is 23.3 Å². The average Bonchev–Trinajstić information content (AvgIpc) is 1.30. The number of aliphatic imine (C=N–C) groups is 1. The molecular formula is C82H92N3NaO10S. The Balaban J connectivity index is 0.00000849. The minimum atomic E-state index is -4.99. The van der Waals surface area contributed by atoms with Gasteiger partial charge >= 0.3 is 29.6 Å². The molecule has 0 radical (unpaired) electrons. The molecule has 7 aromatic carbocycles. The van der Waals surface area contributed by atoms with Crippen molar-refractivity contribution in [2.45, 2.75) is 176 Å². The van der Waals surface area contributed by atoms with Crippen LogP contribution in [0.3, 0.4) is 0 Å². The number of fused-ring (bicyclic) bond motifs is 10. The summed E-state index contributed by atoms with van der Waals surface area (Å²) in [5, 5.41) is 60.3. The topological polar surface area (TPSA) is 241 Å². The molecule has 0 spiro atoms. The van der Waals surface area contributed by atoms with Crippen molar-refractivity contribution in [1.82, 2.24) is 0 Å². The second kappa shape index (κ2) is 28.4. The molecule has 5 aliphatic heterocycles. The maximum Gasteiger partial charge on any atom is 1.00 e. The predicted octanol–water partition coefficient (Wildman–Crippen LogP) is 10.9. The van der Waals surface area contributed by atoms with Crippen LogP contribution in [0.15, 0.2) is 168 Å². The summed E-state index contributed by atoms with van der Waals surface area (Å²) >= 11 is 0. The molecule has 0 amide bonds. The van der Waals surface area contributed by atoms with Crippen LogP contribution in [0.1, 0.15) is 195 Å². The van der Waals surface area contributed by atoms with Crippen molar-refractivity contribution in [2.24, 2.45) is 63.8 Å². The third-order valence-electron chi connectivity index (χ3n) is 23.7. The van der Waals surface area contributed by atoms with Gasteiger partial charge in [-0.3, -0.25) is 0 Å². The van der Waals surface area contributed by atoms with Crippen LogP contribution >= 0.6 is 0 Å². The van der Waals surface area contributed by atoms with Gasteiger partial charge in [-0.15, -0.1) is 0 Å². The van der Waals surface area contributed by atoms with E-state index in [1.807, 2.05) is 72.8 Å². The minimum Gasteiger partial charge on any atom is -0.748 e. The van der Waals surface area contributed by atoms with Crippen LogP contribution in [0.4, 0.5) is 0 Å². The van der Waals surface area contributed by atoms with Gasteiger partial charge in [-0.1, -0.05) is 166 Å². The Kier molecular flexibility index (Phi) is 20.2. The molecule has 13 nitrogen and oxygen atoms in total. The molecule has 7 aromatic rings. The quantitative estimate of drug-likeness (QED) is 0.0142. The van der Waals surface area contributed by atoms with E-state index in [2.05, 4.69) is 105 Å². The van der Waals surface area contributed by atoms with E-state index in [0.717, 1.165) is 85.7 Å². The number of hydrogen-bond acceptors (Lipinski definition) is 11. The summed E-state index contributed by atoms with van der Waals surface area (Å²) in [7, 11) is -4.99. The predicted molar refractivity (Wildman–Crippen MR) is 374 cm³/mol. The number of guanidine groups is 1. The third kappa shape index (κ3) is 13.8. The SMILES string of the molecule is CC(C)C[C@H](O)c1ccc2ccccc2c1C[C@H](O)c1ccc([C@@H]2CC[C@@H]3CC[C@@H]([C@@]4(N=C(N)N)Oc5ccc6c(c5)CC[C@@H](C)[C@@H]6C[C@@H](S(=O)(=O)[O-])[C@H]5C=C6C[C@H](C[C@H]7C[C@@H](CO)CC#Cc8cc(O)ccc8[C@@H]6O7)[C@@H]5c5ccc4cc5)[C@@H](Cc4ccccc4)[C@]3(O)C2)cc1.[Na+]. The van der Waals surface area contributed by atoms with Crippen molar-refractivity contribution < 1.29 is 77.5 Å². The standard InChI is InChI=1S/C82H93N3O10S.Na/c1-48(2)36-76(89)69-32-25-53-13-7-8-15-66(53)71(69)44-75(88)54-20-18-52(19-21-54)58-24-26-61-29-35-73(74(81(61,90)46-58)38-50-10-5-4-6-11-50)82(85-80(83)84)62-27-22-55(23-28-62)78-59-39-60(79-68-33-30-63(87)40-56(68)14-9-12-51(47-86)37-65(42-59)94-79)43-72(78)77(96(91,92)93)45-70-49(3)16-17-57-41-64(95-82)31-34-67(57)70;/h4-8,10-11,13,15,18-23,25,27-28,30-34,40-41,43,48-49,51,58-59,61,65,70,72-79,86-90H,12,16-17,24,26,29,35-39,42,44-47H2,1-3H3,(H4,83,84,85)(H,91,92,93);/q;+1/p-1/t49-,51+,58-,59-,61-,65-,70+,72-,73-,74-,75+,76+,77-,78+,79-,81+,82+;/m1./s1. The van der Waals surface area contributed by atoms with Crippen LogP contribution in [-0.4, -0.2) is 68.0 Å². The van der Waals surface area contributed by atoms with E-state index in [0.29, 0.717) is 87.5 Å². The minimum absolute atomic E-state index is 0. The van der Waals surface area contributed by atoms with E-state index in [9.17, 15) is 38.5 Å². The Hall–Kier alpha value is -6.32. The summed E-state index contributed by atoms with van der Waals surface area (Å²) in [4.78, 5) is 5.37. The first-order valence-electron chi connectivity index (χ1n) is 35.2. The molecule has 1 saturated heterocycles. The van der Waals surface area contributed by atoms with Gasteiger partial charge in [0.25, 0.3) is 0 Å². The number of nitrogens with zero attached hydrogens (tertiary/aromatic N) is 1. The van der Waals surface area contributed by atoms with Crippen LogP contribution in [0.25, 0.3) is 10.8 Å². The van der Waals surface area contributed by atoms with Gasteiger partial charge in [-0.2, -0.15) is 0 Å². The van der Waals surface area contributed by atoms with Crippen molar-refractivity contribution in [3.63, 3.8) is 0 Å². The fourth-order valence-corrected chi connectivity index (χ4v) is 20.2. The van der Waals surface area contributed by atoms with Crippen LogP contribution in [0.2, 0.25) is 0 Å². The van der Waals surface area contributed by atoms with E-state index in [-0.39, 0.29) is 102 Å². The Bertz CT molecular complexity index is 4240. The normalized spacial score (nSPS) is 30.4. The molecule has 9 N–H and O–H groups in total. The van der Waals surface area contributed by atoms with Gasteiger partial charge in [0.05, 0.1) is 39.3 Å². The van der Waals surface area contributed by atoms with Gasteiger partial charge in [0.2, 0.25) is 5.72 Å². The molecule has 15 heteroatoms. The van der Waals surface area contributed by atoms with Gasteiger partial charge in [-0.05, 0) is 222 Å². The van der Waals surface area contributed by atoms with E-state index in [4.69, 9.17) is 25.9 Å². The number of ether oxygens (including phenoxy) is 2. The third-order valence-corrected chi connectivity index (χ3v) is 24.9. The zero-order chi connectivity index (χ0) is 66.8. The second-order valence-electron chi connectivity index (χ2n) is 30.0. The molecular weight excluding hydrogens is 1240 g/mol. The summed E-state index contributed by atoms with van der Waals surface area (Å²) in [5.41, 5.74) is 21.2. The largest absolute Gasteiger partial charge is 1.00 e. The molecule has 4 aliphatic carbocycles. The molecule has 0 unspecified atom stereocenters. The summed E-state index contributed by atoms with van der Waals surface area (Å²) in [6, 6.07) is 50.2. The summed E-state index contributed by atoms with van der Waals surface area (Å²) in [6.45, 7) is 6.28. The number of phenolic OH excluding ortho intramolecular Hbond substituents is 1. The number of allylic oxidation sites excluding steroid dienone is 1. The number of aromatic hydroxyl groups is 1. The number of nitrogens with two attached hydrogens (primary N) is 2. The van der Waals surface area contributed by atoms with Gasteiger partial charge < -0.3 is 51.0 Å². The Morgan fingerprint density at radius 1 is 0.814 bits per heavy atom. The van der Waals surface area contributed by atoms with Gasteiger partial charge in [0.15, 0.2) is 5.96 Å². The molecule has 5 heterocycles. The van der Waals surface area contributed by atoms with Crippen molar-refractivity contribution in [1.29, 1.82) is 0 Å². The first kappa shape index (κ1) is 69.2. The molecule has 17 atom stereocenters. The number of aliphatic hydroxyl groups is 4. The van der Waals surface area contributed by atoms with E-state index in [1.165, 1.54) is 0 Å². The maximum absolute atomic E-state index is 14.5. The molecule has 10 bridgehead atoms. The van der Waals surface area contributed by atoms with Crippen molar-refractivity contribution in [2.75, 3.05) is 6.61 Å². The number of benzene rings is 7. The van der Waals surface area contributed by atoms with Crippen molar-refractivity contribution in [3.05, 3.63) is 225 Å². The molecule has 16 rings (SSSR count). The summed E-state index contributed by atoms with van der Waals surface area (Å²) in [6.07, 6.45) is 7.98. The summed E-state index contributed by atoms with van der Waals surface area (Å²) in [5.74, 6) is 4.31. The monoisotopic (exact) mass is 1330 g/mol. The van der Waals surface area contributed by atoms with Gasteiger partial charge in [0, 0.05) is 48.0 Å². The fourth-order valence-electron chi connectivity index (χ4n) is 19.1. The summed E-state index contributed by atoms with van der Waals surface area (Å²) < 4.78 is 58.5. The van der Waals surface area contributed by atoms with Crippen LogP contribution < -0.4 is 45.8 Å². The molecule has 97 heavy (non-hydrogen) atoms. The first-order valence-corrected chi connectivity index (χ1v) is 36.7. The number of phenols is 1. The maximum atomic E-state index is 14.5. The van der Waals surface area contributed by atoms with E-state index >= 15 is 0 Å². The average molecular weight is 1330 g/mol. The Morgan fingerprint density at radius 2 is 1.56 bits per heavy atom. The molecule has 3 fully saturated rings. The van der Waals surface area contributed by atoms with Gasteiger partial charge in [-0.25, -0.2) is 13.4 Å². The first-order chi connectivity index (χ1) is 46.2. The fraction of sp³-hybridized carbons (Fsp3) is 0.451. The molecule has 502 valence electrons. The molecule has 0 aromatic heterocycles. The zero-order valence-electron chi connectivity index (χ0n) is 56.3. The number of rotatable bonds is 13. The van der Waals surface area contributed by atoms with Crippen LogP contribution in [-0.2, 0) is 39.8 Å². The van der Waals surface area contributed by atoms with E-state index in [1.54, 1.807) is 12.1 Å². The molecule has 9 aliphatic rings. The number of hydrogen-bond donors (Lipinski definition) is 7. The Labute approximate surface area is 594 Å².